The highest BCUT2D eigenvalue weighted by Crippen LogP contribution is 2.54. The Hall–Kier alpha value is -3.80. The summed E-state index contributed by atoms with van der Waals surface area (Å²) in [6.45, 7) is 12.2. The molecule has 0 aliphatic rings. The number of hydrogen-bond donors (Lipinski definition) is 6. The van der Waals surface area contributed by atoms with Gasteiger partial charge >= 0.3 is 0 Å². The van der Waals surface area contributed by atoms with Gasteiger partial charge in [-0.05, 0) is 83.7 Å². The predicted octanol–water partition coefficient (Wildman–Crippen LogP) is 8.83. The van der Waals surface area contributed by atoms with Crippen molar-refractivity contribution in [3.8, 4) is 45.6 Å². The molecule has 40 heavy (non-hydrogen) atoms. The van der Waals surface area contributed by atoms with E-state index in [-0.39, 0.29) is 46.3 Å². The monoisotopic (exact) mass is 546 g/mol. The first-order chi connectivity index (χ1) is 19.0. The Balaban J connectivity index is 2.26. The van der Waals surface area contributed by atoms with Gasteiger partial charge in [0.2, 0.25) is 0 Å². The van der Waals surface area contributed by atoms with Gasteiger partial charge in [0.25, 0.3) is 0 Å². The molecule has 6 heteroatoms. The van der Waals surface area contributed by atoms with Gasteiger partial charge in [-0.2, -0.15) is 0 Å². The molecule has 0 heterocycles. The summed E-state index contributed by atoms with van der Waals surface area (Å²) in [6, 6.07) is 6.72. The van der Waals surface area contributed by atoms with Crippen molar-refractivity contribution in [2.24, 2.45) is 0 Å². The van der Waals surface area contributed by atoms with Gasteiger partial charge in [-0.1, -0.05) is 54.4 Å². The SMILES string of the molecule is CCCc1c(O)c(O)cc2c(O)c(-c3c(C(C)CC)cc4c(CCC)c(O)c(O)cc4c3O)c(C(C)CC)cc12. The van der Waals surface area contributed by atoms with Crippen LogP contribution in [0.4, 0.5) is 0 Å². The van der Waals surface area contributed by atoms with Crippen molar-refractivity contribution < 1.29 is 30.6 Å². The summed E-state index contributed by atoms with van der Waals surface area (Å²) in [5.74, 6) is -1.11. The molecule has 0 saturated heterocycles. The average molecular weight is 547 g/mol. The maximum absolute atomic E-state index is 12.0. The summed E-state index contributed by atoms with van der Waals surface area (Å²) in [7, 11) is 0. The second-order valence-corrected chi connectivity index (χ2v) is 11.1. The van der Waals surface area contributed by atoms with Crippen LogP contribution >= 0.6 is 0 Å². The van der Waals surface area contributed by atoms with E-state index in [1.54, 1.807) is 0 Å². The van der Waals surface area contributed by atoms with E-state index < -0.39 is 0 Å². The molecule has 0 aliphatic carbocycles. The molecular formula is C34H42O6. The fourth-order valence-electron chi connectivity index (χ4n) is 5.92. The van der Waals surface area contributed by atoms with Crippen LogP contribution < -0.4 is 0 Å². The number of benzene rings is 4. The van der Waals surface area contributed by atoms with Crippen LogP contribution in [0.2, 0.25) is 0 Å². The maximum atomic E-state index is 12.0. The molecule has 6 N–H and O–H groups in total. The quantitative estimate of drug-likeness (QED) is 0.117. The third-order valence-electron chi connectivity index (χ3n) is 8.55. The lowest BCUT2D eigenvalue weighted by Gasteiger charge is -2.26. The van der Waals surface area contributed by atoms with E-state index in [0.717, 1.165) is 36.8 Å². The third kappa shape index (κ3) is 4.63. The van der Waals surface area contributed by atoms with Crippen LogP contribution in [-0.2, 0) is 12.8 Å². The van der Waals surface area contributed by atoms with Crippen LogP contribution in [0.15, 0.2) is 24.3 Å². The molecule has 0 spiro atoms. The van der Waals surface area contributed by atoms with Crippen molar-refractivity contribution >= 4 is 21.5 Å². The molecule has 0 radical (unpaired) electrons. The van der Waals surface area contributed by atoms with Crippen LogP contribution in [-0.4, -0.2) is 30.6 Å². The zero-order valence-electron chi connectivity index (χ0n) is 24.4. The molecule has 4 rings (SSSR count). The first-order valence-corrected chi connectivity index (χ1v) is 14.5. The molecule has 214 valence electrons. The molecule has 0 amide bonds. The van der Waals surface area contributed by atoms with Crippen molar-refractivity contribution in [1.29, 1.82) is 0 Å². The number of fused-ring (bicyclic) bond motifs is 2. The minimum Gasteiger partial charge on any atom is -0.507 e. The number of phenolic OH excluding ortho intramolecular Hbond substituents is 6. The number of phenols is 6. The summed E-state index contributed by atoms with van der Waals surface area (Å²) < 4.78 is 0. The molecule has 4 aromatic rings. The molecule has 0 aliphatic heterocycles. The summed E-state index contributed by atoms with van der Waals surface area (Å²) in [4.78, 5) is 0. The molecule has 0 bridgehead atoms. The largest absolute Gasteiger partial charge is 0.507 e. The van der Waals surface area contributed by atoms with Crippen LogP contribution in [0.3, 0.4) is 0 Å². The lowest BCUT2D eigenvalue weighted by Crippen LogP contribution is -2.04. The highest BCUT2D eigenvalue weighted by Gasteiger charge is 2.29. The molecule has 2 atom stereocenters. The fraction of sp³-hybridized carbons (Fsp3) is 0.412. The zero-order chi connectivity index (χ0) is 29.5. The smallest absolute Gasteiger partial charge is 0.161 e. The number of aromatic hydroxyl groups is 6. The summed E-state index contributed by atoms with van der Waals surface area (Å²) >= 11 is 0. The molecule has 0 fully saturated rings. The minimum atomic E-state index is -0.303. The van der Waals surface area contributed by atoms with Crippen molar-refractivity contribution in [3.63, 3.8) is 0 Å². The highest BCUT2D eigenvalue weighted by atomic mass is 16.3. The summed E-state index contributed by atoms with van der Waals surface area (Å²) in [5, 5.41) is 68.6. The Morgan fingerprint density at radius 3 is 1.15 bits per heavy atom. The Labute approximate surface area is 236 Å². The van der Waals surface area contributed by atoms with Gasteiger partial charge in [-0.15, -0.1) is 0 Å². The second-order valence-electron chi connectivity index (χ2n) is 11.1. The van der Waals surface area contributed by atoms with Gasteiger partial charge in [0, 0.05) is 33.0 Å². The van der Waals surface area contributed by atoms with Crippen LogP contribution in [0.5, 0.6) is 34.5 Å². The molecule has 6 nitrogen and oxygen atoms in total. The fourth-order valence-corrected chi connectivity index (χ4v) is 5.92. The Morgan fingerprint density at radius 1 is 0.500 bits per heavy atom. The van der Waals surface area contributed by atoms with E-state index in [1.165, 1.54) is 12.1 Å². The molecular weight excluding hydrogens is 504 g/mol. The van der Waals surface area contributed by atoms with Gasteiger partial charge in [-0.3, -0.25) is 0 Å². The van der Waals surface area contributed by atoms with E-state index in [9.17, 15) is 30.6 Å². The predicted molar refractivity (Wildman–Crippen MR) is 162 cm³/mol. The van der Waals surface area contributed by atoms with E-state index in [2.05, 4.69) is 27.7 Å². The van der Waals surface area contributed by atoms with Crippen LogP contribution in [0.25, 0.3) is 32.7 Å². The van der Waals surface area contributed by atoms with Gasteiger partial charge in [0.1, 0.15) is 11.5 Å². The first kappa shape index (κ1) is 29.2. The van der Waals surface area contributed by atoms with Crippen molar-refractivity contribution in [2.75, 3.05) is 0 Å². The van der Waals surface area contributed by atoms with E-state index >= 15 is 0 Å². The Morgan fingerprint density at radius 2 is 0.850 bits per heavy atom. The molecule has 2 unspecified atom stereocenters. The molecule has 0 saturated carbocycles. The van der Waals surface area contributed by atoms with E-state index in [0.29, 0.717) is 56.6 Å². The Bertz CT molecular complexity index is 1470. The van der Waals surface area contributed by atoms with Crippen LogP contribution in [0, 0.1) is 0 Å². The van der Waals surface area contributed by atoms with Gasteiger partial charge in [0.05, 0.1) is 0 Å². The average Bonchev–Trinajstić information content (AvgIpc) is 2.94. The number of hydrogen-bond acceptors (Lipinski definition) is 6. The standard InChI is InChI=1S/C34H42O6/c1-7-11-19-23-13-21(17(5)9-3)29(33(39)25(23)15-27(35)31(19)37)30-22(18(6)10-4)14-24-20(12-8-2)32(38)28(36)16-26(24)34(30)40/h13-18,35-40H,7-12H2,1-6H3. The van der Waals surface area contributed by atoms with Gasteiger partial charge in [-0.25, -0.2) is 0 Å². The highest BCUT2D eigenvalue weighted by molar-refractivity contribution is 6.06. The van der Waals surface area contributed by atoms with Crippen LogP contribution in [0.1, 0.15) is 101 Å². The lowest BCUT2D eigenvalue weighted by atomic mass is 9.79. The van der Waals surface area contributed by atoms with E-state index in [4.69, 9.17) is 0 Å². The first-order valence-electron chi connectivity index (χ1n) is 14.5. The summed E-state index contributed by atoms with van der Waals surface area (Å²) in [5.41, 5.74) is 3.77. The van der Waals surface area contributed by atoms with Gasteiger partial charge < -0.3 is 30.6 Å². The molecule has 0 aromatic heterocycles. The van der Waals surface area contributed by atoms with E-state index in [1.807, 2.05) is 26.0 Å². The lowest BCUT2D eigenvalue weighted by molar-refractivity contribution is 0.400. The Kier molecular flexibility index (Phi) is 8.29. The zero-order valence-corrected chi connectivity index (χ0v) is 24.4. The minimum absolute atomic E-state index is 0.000486. The maximum Gasteiger partial charge on any atom is 0.161 e. The van der Waals surface area contributed by atoms with Gasteiger partial charge in [0.15, 0.2) is 23.0 Å². The number of rotatable bonds is 9. The van der Waals surface area contributed by atoms with Crippen molar-refractivity contribution in [3.05, 3.63) is 46.5 Å². The van der Waals surface area contributed by atoms with Crippen molar-refractivity contribution in [2.45, 2.75) is 91.9 Å². The molecule has 4 aromatic carbocycles. The topological polar surface area (TPSA) is 121 Å². The second kappa shape index (κ2) is 11.4. The van der Waals surface area contributed by atoms with Crippen molar-refractivity contribution in [1.82, 2.24) is 0 Å². The normalized spacial score (nSPS) is 13.2. The number of aryl methyl sites for hydroxylation is 2. The third-order valence-corrected chi connectivity index (χ3v) is 8.55. The summed E-state index contributed by atoms with van der Waals surface area (Å²) in [6.07, 6.45) is 4.08.